The Morgan fingerprint density at radius 2 is 1.77 bits per heavy atom. The summed E-state index contributed by atoms with van der Waals surface area (Å²) in [6.45, 7) is 9.89. The Hall–Kier alpha value is -2.83. The molecule has 5 atom stereocenters. The van der Waals surface area contributed by atoms with Crippen LogP contribution in [-0.4, -0.2) is 114 Å². The van der Waals surface area contributed by atoms with Crippen molar-refractivity contribution in [2.45, 2.75) is 90.7 Å². The van der Waals surface area contributed by atoms with Crippen LogP contribution in [0.1, 0.15) is 69.3 Å². The molecule has 0 spiro atoms. The predicted molar refractivity (Wildman–Crippen MR) is 279 cm³/mol. The summed E-state index contributed by atoms with van der Waals surface area (Å²) in [4.78, 5) is 55.4. The summed E-state index contributed by atoms with van der Waals surface area (Å²) in [5.74, 6) is -1.02. The van der Waals surface area contributed by atoms with Gasteiger partial charge in [0, 0.05) is 85.0 Å². The maximum absolute atomic E-state index is 14.9. The molecule has 22 heteroatoms. The van der Waals surface area contributed by atoms with Gasteiger partial charge in [-0.3, -0.25) is 24.4 Å². The lowest BCUT2D eigenvalue weighted by molar-refractivity contribution is -0.155. The Morgan fingerprint density at radius 3 is 2.42 bits per heavy atom. The van der Waals surface area contributed by atoms with Crippen molar-refractivity contribution in [3.8, 4) is 22.5 Å². The maximum atomic E-state index is 14.9. The van der Waals surface area contributed by atoms with E-state index in [1.165, 1.54) is 20.9 Å². The number of carbonyl (C=O) groups excluding carboxylic acids is 3. The number of esters is 1. The number of aromatic nitrogens is 3. The monoisotopic (exact) mass is 1030 g/mol. The van der Waals surface area contributed by atoms with Crippen molar-refractivity contribution in [1.29, 1.82) is 0 Å². The third kappa shape index (κ3) is 12.7. The van der Waals surface area contributed by atoms with Gasteiger partial charge in [-0.15, -0.1) is 11.3 Å². The number of ether oxygens (including phenoxy) is 2. The average Bonchev–Trinajstić information content (AvgIpc) is 3.67. The zero-order valence-electron chi connectivity index (χ0n) is 38.1. The molecule has 4 aromatic rings. The number of pyridine rings is 1. The maximum Gasteiger partial charge on any atom is 0.406 e. The molecule has 6 bridgehead atoms. The highest BCUT2D eigenvalue weighted by atomic mass is 32.1. The molecular formula is C44H65F3N8O5S6. The number of nitrogens with zero attached hydrogens (tertiary/aromatic N) is 6. The van der Waals surface area contributed by atoms with Crippen molar-refractivity contribution in [2.75, 3.05) is 58.4 Å². The van der Waals surface area contributed by atoms with Crippen LogP contribution in [0.3, 0.4) is 0 Å². The summed E-state index contributed by atoms with van der Waals surface area (Å²) >= 11 is 1.35. The molecule has 8 rings (SSSR count). The van der Waals surface area contributed by atoms with Gasteiger partial charge in [-0.2, -0.15) is 80.6 Å². The number of benzene rings is 1. The molecule has 3 aliphatic heterocycles. The summed E-state index contributed by atoms with van der Waals surface area (Å²) in [5, 5.41) is 7.48. The van der Waals surface area contributed by atoms with E-state index in [1.54, 1.807) is 25.4 Å². The summed E-state index contributed by atoms with van der Waals surface area (Å²) in [6, 6.07) is 5.59. The van der Waals surface area contributed by atoms with E-state index >= 15 is 0 Å². The molecule has 0 radical (unpaired) electrons. The SMILES string of the molecule is CO[C@@H](C)c1ncc(N2CCN(C)CC2)cc1-c1c2c3cc(ccc3n1CC(F)(F)F)-c1csc(n1)C[C@H](NC(=O)[C@H]1C[C@@H]1C)C(=O)N1CCC[C@H](N1)C(=O)OCC(C)(C)C2.S.S.S.S.S. The van der Waals surface area contributed by atoms with Gasteiger partial charge in [0.15, 0.2) is 0 Å². The topological polar surface area (TPSA) is 134 Å². The van der Waals surface area contributed by atoms with Gasteiger partial charge in [0.05, 0.1) is 46.7 Å². The fraction of sp³-hybridized carbons (Fsp3) is 0.568. The molecule has 1 aromatic carbocycles. The van der Waals surface area contributed by atoms with Crippen LogP contribution in [0.2, 0.25) is 0 Å². The van der Waals surface area contributed by atoms with E-state index in [9.17, 15) is 27.6 Å². The second-order valence-corrected chi connectivity index (χ2v) is 19.0. The number of thiazole rings is 1. The van der Waals surface area contributed by atoms with Crippen molar-refractivity contribution in [1.82, 2.24) is 35.2 Å². The molecular weight excluding hydrogens is 970 g/mol. The lowest BCUT2D eigenvalue weighted by Gasteiger charge is -2.35. The number of methoxy groups -OCH3 is 1. The fourth-order valence-electron chi connectivity index (χ4n) is 8.82. The number of fused-ring (bicyclic) bond motifs is 6. The molecule has 6 heterocycles. The molecule has 2 amide bonds. The van der Waals surface area contributed by atoms with Gasteiger partial charge in [-0.25, -0.2) is 10.4 Å². The highest BCUT2D eigenvalue weighted by molar-refractivity contribution is 7.60. The number of alkyl halides is 3. The Morgan fingerprint density at radius 1 is 1.08 bits per heavy atom. The standard InChI is InChI=1S/C44H55F3N8O5S.5H2S/c1-25-16-29(25)40(56)50-34-19-37-49-35(22-61-37)27-9-10-36-30(17-27)32(20-43(3,4)24-60-42(58)33-8-7-11-55(51-33)41(34)57)39(54(36)23-44(45,46)47)31-18-28(21-48-38(31)26(2)59-6)53-14-12-52(5)13-15-53;;;;;/h9-10,17-18,21-22,25-26,29,33-34,51H,7-8,11-16,19-20,23-24H2,1-6H3,(H,50,56);5*1H2/t25-,26-,29-,33-,34-;;;;;/m0...../s1. The van der Waals surface area contributed by atoms with Gasteiger partial charge in [0.2, 0.25) is 5.91 Å². The first-order valence-electron chi connectivity index (χ1n) is 21.2. The third-order valence-electron chi connectivity index (χ3n) is 12.6. The molecule has 13 nitrogen and oxygen atoms in total. The number of rotatable bonds is 7. The Balaban J connectivity index is 0.00000231. The number of nitrogens with one attached hydrogen (secondary N) is 2. The van der Waals surface area contributed by atoms with Gasteiger partial charge in [0.25, 0.3) is 5.91 Å². The summed E-state index contributed by atoms with van der Waals surface area (Å²) in [5.41, 5.74) is 6.88. The second kappa shape index (κ2) is 23.2. The van der Waals surface area contributed by atoms with Gasteiger partial charge < -0.3 is 29.2 Å². The van der Waals surface area contributed by atoms with Gasteiger partial charge in [-0.05, 0) is 69.3 Å². The van der Waals surface area contributed by atoms with Crippen molar-refractivity contribution in [3.63, 3.8) is 0 Å². The number of likely N-dealkylation sites (N-methyl/N-ethyl adjacent to an activating group) is 1. The molecule has 2 N–H and O–H groups in total. The molecule has 0 unspecified atom stereocenters. The first kappa shape index (κ1) is 57.5. The number of cyclic esters (lactones) is 1. The molecule has 3 fully saturated rings. The quantitative estimate of drug-likeness (QED) is 0.193. The summed E-state index contributed by atoms with van der Waals surface area (Å²) in [7, 11) is 3.62. The predicted octanol–water partition coefficient (Wildman–Crippen LogP) is 6.72. The molecule has 66 heavy (non-hydrogen) atoms. The summed E-state index contributed by atoms with van der Waals surface area (Å²) in [6.07, 6.45) is -1.25. The molecule has 1 saturated carbocycles. The van der Waals surface area contributed by atoms with E-state index in [0.29, 0.717) is 69.1 Å². The number of hydrazine groups is 1. The smallest absolute Gasteiger partial charge is 0.406 e. The van der Waals surface area contributed by atoms with E-state index in [2.05, 4.69) is 27.6 Å². The molecule has 3 aromatic heterocycles. The van der Waals surface area contributed by atoms with E-state index < -0.39 is 42.3 Å². The number of anilines is 1. The normalized spacial score (nSPS) is 22.5. The van der Waals surface area contributed by atoms with Gasteiger partial charge in [0.1, 0.15) is 18.6 Å². The fourth-order valence-corrected chi connectivity index (χ4v) is 9.67. The largest absolute Gasteiger partial charge is 0.464 e. The van der Waals surface area contributed by atoms with Crippen LogP contribution in [-0.2, 0) is 43.2 Å². The van der Waals surface area contributed by atoms with Crippen LogP contribution in [0.15, 0.2) is 35.8 Å². The number of hydrogen-bond acceptors (Lipinski definition) is 11. The van der Waals surface area contributed by atoms with Crippen LogP contribution < -0.4 is 15.6 Å². The first-order valence-corrected chi connectivity index (χ1v) is 22.0. The number of carbonyl (C=O) groups is 3. The van der Waals surface area contributed by atoms with Crippen LogP contribution in [0, 0.1) is 17.3 Å². The van der Waals surface area contributed by atoms with Crippen molar-refractivity contribution in [3.05, 3.63) is 52.1 Å². The molecule has 4 aliphatic rings. The lowest BCUT2D eigenvalue weighted by Crippen LogP contribution is -2.60. The number of hydrogen-bond donors (Lipinski definition) is 2. The Kier molecular flexibility index (Phi) is 20.2. The van der Waals surface area contributed by atoms with Gasteiger partial charge in [-0.1, -0.05) is 26.8 Å². The number of amides is 2. The minimum Gasteiger partial charge on any atom is -0.464 e. The third-order valence-corrected chi connectivity index (χ3v) is 13.4. The van der Waals surface area contributed by atoms with E-state index in [0.717, 1.165) is 38.3 Å². The number of piperazine rings is 1. The minimum absolute atomic E-state index is 0. The van der Waals surface area contributed by atoms with Crippen LogP contribution in [0.5, 0.6) is 0 Å². The van der Waals surface area contributed by atoms with Crippen molar-refractivity contribution < 1.29 is 37.0 Å². The van der Waals surface area contributed by atoms with E-state index in [4.69, 9.17) is 19.4 Å². The van der Waals surface area contributed by atoms with Crippen molar-refractivity contribution >= 4 is 113 Å². The van der Waals surface area contributed by atoms with Gasteiger partial charge >= 0.3 is 12.1 Å². The Bertz CT molecular complexity index is 2320. The molecule has 2 saturated heterocycles. The first-order chi connectivity index (χ1) is 29.0. The Labute approximate surface area is 423 Å². The highest BCUT2D eigenvalue weighted by Crippen LogP contribution is 2.44. The second-order valence-electron chi connectivity index (χ2n) is 18.0. The number of halogens is 3. The minimum atomic E-state index is -4.57. The van der Waals surface area contributed by atoms with Crippen molar-refractivity contribution in [2.24, 2.45) is 17.3 Å². The summed E-state index contributed by atoms with van der Waals surface area (Å²) < 4.78 is 57.7. The van der Waals surface area contributed by atoms with Crippen LogP contribution in [0.25, 0.3) is 33.4 Å². The zero-order valence-corrected chi connectivity index (χ0v) is 43.9. The van der Waals surface area contributed by atoms with E-state index in [1.807, 2.05) is 45.2 Å². The van der Waals surface area contributed by atoms with Crippen LogP contribution >= 0.6 is 78.8 Å². The highest BCUT2D eigenvalue weighted by Gasteiger charge is 2.42. The van der Waals surface area contributed by atoms with E-state index in [-0.39, 0.29) is 111 Å². The molecule has 1 aliphatic carbocycles. The zero-order chi connectivity index (χ0) is 43.4. The molecule has 368 valence electrons. The lowest BCUT2D eigenvalue weighted by atomic mass is 9.84. The van der Waals surface area contributed by atoms with Crippen LogP contribution in [0.4, 0.5) is 18.9 Å². The average molecular weight is 1040 g/mol.